The Bertz CT molecular complexity index is 1050. The Labute approximate surface area is 206 Å². The number of carbonyl (C=O) groups is 1. The average molecular weight is 478 g/mol. The molecule has 0 radical (unpaired) electrons. The predicted octanol–water partition coefficient (Wildman–Crippen LogP) is 4.08. The van der Waals surface area contributed by atoms with Crippen LogP contribution in [0.4, 0.5) is 0 Å². The number of ether oxygens (including phenoxy) is 3. The maximum Gasteiger partial charge on any atom is 0.338 e. The number of methoxy groups -OCH3 is 2. The third kappa shape index (κ3) is 8.57. The molecule has 0 saturated heterocycles. The summed E-state index contributed by atoms with van der Waals surface area (Å²) >= 11 is 0. The first-order valence-corrected chi connectivity index (χ1v) is 11.3. The molecule has 1 N–H and O–H groups in total. The highest BCUT2D eigenvalue weighted by Crippen LogP contribution is 2.23. The summed E-state index contributed by atoms with van der Waals surface area (Å²) in [5, 5.41) is 12.2. The van der Waals surface area contributed by atoms with Crippen molar-refractivity contribution in [1.29, 1.82) is 0 Å². The minimum absolute atomic E-state index is 0.0741. The number of nitrogens with zero attached hydrogens (tertiary/aromatic N) is 1. The standard InChI is InChI=1S/C28H31NO6/c1-32-18-17-29(35-26-11-7-4-8-12-26)20-24(30)21-34-25-15-13-23(14-16-25)27(28(31)33-2)19-22-9-5-3-6-10-22/h3-16,19,24,30H,17-18,20-21H2,1-2H3/b27-19+. The van der Waals surface area contributed by atoms with Crippen molar-refractivity contribution in [2.24, 2.45) is 0 Å². The number of aliphatic hydroxyl groups is 1. The number of rotatable bonds is 13. The van der Waals surface area contributed by atoms with Gasteiger partial charge in [-0.15, -0.1) is 5.06 Å². The highest BCUT2D eigenvalue weighted by atomic mass is 16.7. The first kappa shape index (κ1) is 26.0. The molecule has 3 rings (SSSR count). The van der Waals surface area contributed by atoms with E-state index in [1.165, 1.54) is 7.11 Å². The summed E-state index contributed by atoms with van der Waals surface area (Å²) in [4.78, 5) is 18.2. The van der Waals surface area contributed by atoms with Crippen LogP contribution in [0, 0.1) is 0 Å². The number of esters is 1. The Balaban J connectivity index is 1.60. The fourth-order valence-corrected chi connectivity index (χ4v) is 3.29. The van der Waals surface area contributed by atoms with Gasteiger partial charge in [0.05, 0.1) is 32.4 Å². The van der Waals surface area contributed by atoms with Gasteiger partial charge in [-0.3, -0.25) is 0 Å². The van der Waals surface area contributed by atoms with Crippen molar-refractivity contribution >= 4 is 17.6 Å². The lowest BCUT2D eigenvalue weighted by molar-refractivity contribution is -0.133. The Hall–Kier alpha value is -3.65. The van der Waals surface area contributed by atoms with Crippen molar-refractivity contribution in [3.8, 4) is 11.5 Å². The second-order valence-electron chi connectivity index (χ2n) is 7.73. The SMILES string of the molecule is COCCN(CC(O)COc1ccc(/C(=C\c2ccccc2)C(=O)OC)cc1)Oc1ccccc1. The maximum absolute atomic E-state index is 12.3. The molecule has 3 aromatic carbocycles. The Morgan fingerprint density at radius 1 is 0.914 bits per heavy atom. The van der Waals surface area contributed by atoms with E-state index in [-0.39, 0.29) is 13.2 Å². The van der Waals surface area contributed by atoms with Gasteiger partial charge in [0.1, 0.15) is 24.2 Å². The zero-order valence-corrected chi connectivity index (χ0v) is 20.0. The van der Waals surface area contributed by atoms with Crippen LogP contribution < -0.4 is 9.57 Å². The molecular formula is C28H31NO6. The van der Waals surface area contributed by atoms with E-state index in [4.69, 9.17) is 19.0 Å². The summed E-state index contributed by atoms with van der Waals surface area (Å²) < 4.78 is 15.9. The van der Waals surface area contributed by atoms with E-state index in [9.17, 15) is 9.90 Å². The first-order valence-electron chi connectivity index (χ1n) is 11.3. The monoisotopic (exact) mass is 477 g/mol. The van der Waals surface area contributed by atoms with E-state index in [0.29, 0.717) is 35.8 Å². The Kier molecular flexibility index (Phi) is 10.3. The largest absolute Gasteiger partial charge is 0.491 e. The summed E-state index contributed by atoms with van der Waals surface area (Å²) in [5.41, 5.74) is 2.04. The number of carbonyl (C=O) groups excluding carboxylic acids is 1. The number of hydrogen-bond donors (Lipinski definition) is 1. The van der Waals surface area contributed by atoms with E-state index in [2.05, 4.69) is 0 Å². The lowest BCUT2D eigenvalue weighted by Crippen LogP contribution is -2.39. The molecule has 35 heavy (non-hydrogen) atoms. The van der Waals surface area contributed by atoms with Gasteiger partial charge >= 0.3 is 5.97 Å². The number of para-hydroxylation sites is 1. The lowest BCUT2D eigenvalue weighted by atomic mass is 10.0. The third-order valence-electron chi connectivity index (χ3n) is 5.06. The molecule has 0 fully saturated rings. The molecule has 0 heterocycles. The van der Waals surface area contributed by atoms with E-state index >= 15 is 0 Å². The highest BCUT2D eigenvalue weighted by molar-refractivity contribution is 6.21. The first-order chi connectivity index (χ1) is 17.1. The average Bonchev–Trinajstić information content (AvgIpc) is 2.90. The lowest BCUT2D eigenvalue weighted by Gasteiger charge is -2.24. The smallest absolute Gasteiger partial charge is 0.338 e. The summed E-state index contributed by atoms with van der Waals surface area (Å²) in [6, 6.07) is 26.0. The molecule has 1 unspecified atom stereocenters. The maximum atomic E-state index is 12.3. The second-order valence-corrected chi connectivity index (χ2v) is 7.73. The van der Waals surface area contributed by atoms with Crippen LogP contribution in [0.3, 0.4) is 0 Å². The molecule has 0 aliphatic rings. The summed E-state index contributed by atoms with van der Waals surface area (Å²) in [6.45, 7) is 1.26. The van der Waals surface area contributed by atoms with Crippen molar-refractivity contribution in [2.75, 3.05) is 40.5 Å². The van der Waals surface area contributed by atoms with Gasteiger partial charge in [0.25, 0.3) is 0 Å². The van der Waals surface area contributed by atoms with Crippen molar-refractivity contribution in [1.82, 2.24) is 5.06 Å². The van der Waals surface area contributed by atoms with Crippen LogP contribution in [0.5, 0.6) is 11.5 Å². The van der Waals surface area contributed by atoms with E-state index in [1.54, 1.807) is 42.5 Å². The quantitative estimate of drug-likeness (QED) is 0.172. The summed E-state index contributed by atoms with van der Waals surface area (Å²) in [5.74, 6) is 0.828. The van der Waals surface area contributed by atoms with Gasteiger partial charge in [0.2, 0.25) is 0 Å². The molecular weight excluding hydrogens is 446 g/mol. The van der Waals surface area contributed by atoms with Crippen LogP contribution in [-0.2, 0) is 14.3 Å². The molecule has 1 atom stereocenters. The minimum Gasteiger partial charge on any atom is -0.491 e. The van der Waals surface area contributed by atoms with Gasteiger partial charge in [0.15, 0.2) is 0 Å². The van der Waals surface area contributed by atoms with Crippen molar-refractivity contribution in [3.05, 3.63) is 96.1 Å². The minimum atomic E-state index is -0.793. The van der Waals surface area contributed by atoms with Gasteiger partial charge in [0, 0.05) is 7.11 Å². The molecule has 0 bridgehead atoms. The highest BCUT2D eigenvalue weighted by Gasteiger charge is 2.16. The number of aliphatic hydroxyl groups excluding tert-OH is 1. The molecule has 0 spiro atoms. The topological polar surface area (TPSA) is 77.5 Å². The Morgan fingerprint density at radius 2 is 1.57 bits per heavy atom. The zero-order chi connectivity index (χ0) is 24.9. The number of hydroxylamine groups is 2. The molecule has 184 valence electrons. The van der Waals surface area contributed by atoms with Crippen LogP contribution >= 0.6 is 0 Å². The third-order valence-corrected chi connectivity index (χ3v) is 5.06. The van der Waals surface area contributed by atoms with Crippen molar-refractivity contribution in [3.63, 3.8) is 0 Å². The van der Waals surface area contributed by atoms with E-state index < -0.39 is 12.1 Å². The van der Waals surface area contributed by atoms with Gasteiger partial charge in [-0.05, 0) is 41.5 Å². The van der Waals surface area contributed by atoms with E-state index in [1.807, 2.05) is 60.7 Å². The van der Waals surface area contributed by atoms with Crippen LogP contribution in [-0.4, -0.2) is 62.8 Å². The molecule has 0 saturated carbocycles. The molecule has 0 aliphatic heterocycles. The van der Waals surface area contributed by atoms with Gasteiger partial charge in [-0.2, -0.15) is 0 Å². The van der Waals surface area contributed by atoms with Gasteiger partial charge < -0.3 is 24.2 Å². The number of hydrogen-bond acceptors (Lipinski definition) is 7. The molecule has 7 heteroatoms. The predicted molar refractivity (Wildman–Crippen MR) is 135 cm³/mol. The summed E-state index contributed by atoms with van der Waals surface area (Å²) in [7, 11) is 2.97. The fourth-order valence-electron chi connectivity index (χ4n) is 3.29. The normalized spacial score (nSPS) is 12.3. The molecule has 0 aliphatic carbocycles. The van der Waals surface area contributed by atoms with Crippen LogP contribution in [0.2, 0.25) is 0 Å². The number of benzene rings is 3. The van der Waals surface area contributed by atoms with Crippen molar-refractivity contribution in [2.45, 2.75) is 6.10 Å². The summed E-state index contributed by atoms with van der Waals surface area (Å²) in [6.07, 6.45) is 0.992. The van der Waals surface area contributed by atoms with E-state index in [0.717, 1.165) is 5.56 Å². The second kappa shape index (κ2) is 13.9. The Morgan fingerprint density at radius 3 is 2.20 bits per heavy atom. The van der Waals surface area contributed by atoms with Gasteiger partial charge in [-0.1, -0.05) is 60.7 Å². The zero-order valence-electron chi connectivity index (χ0n) is 20.0. The van der Waals surface area contributed by atoms with Gasteiger partial charge in [-0.25, -0.2) is 4.79 Å². The molecule has 7 nitrogen and oxygen atoms in total. The van der Waals surface area contributed by atoms with Crippen LogP contribution in [0.1, 0.15) is 11.1 Å². The van der Waals surface area contributed by atoms with Crippen LogP contribution in [0.15, 0.2) is 84.9 Å². The fraction of sp³-hybridized carbons (Fsp3) is 0.250. The van der Waals surface area contributed by atoms with Crippen LogP contribution in [0.25, 0.3) is 11.6 Å². The molecule has 3 aromatic rings. The van der Waals surface area contributed by atoms with Crippen molar-refractivity contribution < 1.29 is 28.9 Å². The molecule has 0 aromatic heterocycles. The molecule has 0 amide bonds.